The monoisotopic (exact) mass is 280 g/mol. The number of nitrogens with zero attached hydrogens (tertiary/aromatic N) is 1. The summed E-state index contributed by atoms with van der Waals surface area (Å²) in [5.74, 6) is 0.331. The highest BCUT2D eigenvalue weighted by Crippen LogP contribution is 2.15. The maximum Gasteiger partial charge on any atom is 0.433 e. The maximum atomic E-state index is 10.4. The molecule has 100 valence electrons. The quantitative estimate of drug-likeness (QED) is 0.501. The van der Waals surface area contributed by atoms with E-state index >= 15 is 0 Å². The summed E-state index contributed by atoms with van der Waals surface area (Å²) in [7, 11) is 0. The van der Waals surface area contributed by atoms with Gasteiger partial charge in [0, 0.05) is 5.02 Å². The average Bonchev–Trinajstić information content (AvgIpc) is 2.86. The fourth-order valence-electron chi connectivity index (χ4n) is 1.66. The first-order valence-electron chi connectivity index (χ1n) is 5.83. The van der Waals surface area contributed by atoms with Gasteiger partial charge >= 0.3 is 5.88 Å². The van der Waals surface area contributed by atoms with Crippen molar-refractivity contribution in [3.63, 3.8) is 0 Å². The largest absolute Gasteiger partial charge is 0.433 e. The molecule has 0 saturated carbocycles. The number of nitrogens with one attached hydrogen (secondary N) is 1. The topological polar surface area (TPSA) is 68.3 Å². The van der Waals surface area contributed by atoms with Crippen molar-refractivity contribution < 1.29 is 9.34 Å². The number of benzene rings is 1. The SMILES string of the molecule is O=[N+]([O-])c1ccc(CNCCc2ccc(Cl)cc2)o1. The average molecular weight is 281 g/mol. The highest BCUT2D eigenvalue weighted by Gasteiger charge is 2.10. The van der Waals surface area contributed by atoms with Crippen LogP contribution in [0.25, 0.3) is 0 Å². The molecule has 0 aliphatic carbocycles. The van der Waals surface area contributed by atoms with Gasteiger partial charge in [-0.2, -0.15) is 0 Å². The third-order valence-corrected chi connectivity index (χ3v) is 2.88. The Balaban J connectivity index is 1.74. The summed E-state index contributed by atoms with van der Waals surface area (Å²) in [5.41, 5.74) is 1.18. The van der Waals surface area contributed by atoms with Crippen molar-refractivity contribution in [1.29, 1.82) is 0 Å². The van der Waals surface area contributed by atoms with Crippen molar-refractivity contribution in [2.75, 3.05) is 6.54 Å². The normalized spacial score (nSPS) is 10.6. The minimum absolute atomic E-state index is 0.227. The molecule has 2 rings (SSSR count). The molecule has 0 saturated heterocycles. The number of hydrogen-bond donors (Lipinski definition) is 1. The Morgan fingerprint density at radius 2 is 1.95 bits per heavy atom. The van der Waals surface area contributed by atoms with Crippen molar-refractivity contribution in [3.8, 4) is 0 Å². The molecule has 0 aliphatic rings. The van der Waals surface area contributed by atoms with Crippen LogP contribution in [0.3, 0.4) is 0 Å². The molecule has 1 aromatic carbocycles. The molecular formula is C13H13ClN2O3. The minimum atomic E-state index is -0.544. The number of rotatable bonds is 6. The summed E-state index contributed by atoms with van der Waals surface area (Å²) in [6, 6.07) is 10.6. The molecule has 0 amide bonds. The van der Waals surface area contributed by atoms with Crippen LogP contribution in [0.4, 0.5) is 5.88 Å². The van der Waals surface area contributed by atoms with Crippen LogP contribution in [-0.4, -0.2) is 11.5 Å². The molecule has 0 fully saturated rings. The molecule has 2 aromatic rings. The maximum absolute atomic E-state index is 10.4. The van der Waals surface area contributed by atoms with Gasteiger partial charge in [-0.15, -0.1) is 0 Å². The fourth-order valence-corrected chi connectivity index (χ4v) is 1.78. The Bertz CT molecular complexity index is 551. The zero-order valence-electron chi connectivity index (χ0n) is 10.1. The van der Waals surface area contributed by atoms with Gasteiger partial charge in [-0.1, -0.05) is 23.7 Å². The standard InChI is InChI=1S/C13H13ClN2O3/c14-11-3-1-10(2-4-11)7-8-15-9-12-5-6-13(19-12)16(17)18/h1-6,15H,7-9H2. The van der Waals surface area contributed by atoms with E-state index in [-0.39, 0.29) is 5.88 Å². The van der Waals surface area contributed by atoms with Gasteiger partial charge in [-0.25, -0.2) is 0 Å². The molecule has 1 heterocycles. The first-order chi connectivity index (χ1) is 9.15. The first-order valence-corrected chi connectivity index (χ1v) is 6.21. The molecule has 1 N–H and O–H groups in total. The summed E-state index contributed by atoms with van der Waals surface area (Å²) in [4.78, 5) is 9.89. The van der Waals surface area contributed by atoms with Crippen molar-refractivity contribution >= 4 is 17.5 Å². The minimum Gasteiger partial charge on any atom is -0.404 e. The van der Waals surface area contributed by atoms with E-state index in [9.17, 15) is 10.1 Å². The third-order valence-electron chi connectivity index (χ3n) is 2.63. The summed E-state index contributed by atoms with van der Waals surface area (Å²) in [6.07, 6.45) is 0.861. The molecule has 0 bridgehead atoms. The third kappa shape index (κ3) is 4.08. The summed E-state index contributed by atoms with van der Waals surface area (Å²) < 4.78 is 5.03. The number of nitro groups is 1. The van der Waals surface area contributed by atoms with Crippen LogP contribution in [0.2, 0.25) is 5.02 Å². The zero-order chi connectivity index (χ0) is 13.7. The van der Waals surface area contributed by atoms with E-state index in [1.54, 1.807) is 6.07 Å². The van der Waals surface area contributed by atoms with Gasteiger partial charge in [-0.3, -0.25) is 10.1 Å². The van der Waals surface area contributed by atoms with Gasteiger partial charge < -0.3 is 9.73 Å². The number of halogens is 1. The van der Waals surface area contributed by atoms with E-state index in [2.05, 4.69) is 5.32 Å². The molecular weight excluding hydrogens is 268 g/mol. The van der Waals surface area contributed by atoms with Gasteiger partial charge in [0.25, 0.3) is 0 Å². The Labute approximate surface area is 115 Å². The van der Waals surface area contributed by atoms with E-state index in [1.165, 1.54) is 11.6 Å². The van der Waals surface area contributed by atoms with E-state index < -0.39 is 4.92 Å². The second-order valence-electron chi connectivity index (χ2n) is 4.05. The fraction of sp³-hybridized carbons (Fsp3) is 0.231. The Morgan fingerprint density at radius 1 is 1.21 bits per heavy atom. The second-order valence-corrected chi connectivity index (χ2v) is 4.49. The van der Waals surface area contributed by atoms with E-state index in [4.69, 9.17) is 16.0 Å². The molecule has 19 heavy (non-hydrogen) atoms. The highest BCUT2D eigenvalue weighted by molar-refractivity contribution is 6.30. The van der Waals surface area contributed by atoms with Gasteiger partial charge in [0.05, 0.1) is 12.6 Å². The molecule has 0 unspecified atom stereocenters. The smallest absolute Gasteiger partial charge is 0.404 e. The Hall–Kier alpha value is -1.85. The van der Waals surface area contributed by atoms with Crippen LogP contribution in [0.15, 0.2) is 40.8 Å². The Morgan fingerprint density at radius 3 is 2.58 bits per heavy atom. The summed E-state index contributed by atoms with van der Waals surface area (Å²) in [5, 5.41) is 14.3. The van der Waals surface area contributed by atoms with Crippen LogP contribution in [0, 0.1) is 10.1 Å². The lowest BCUT2D eigenvalue weighted by atomic mass is 10.1. The molecule has 0 radical (unpaired) electrons. The van der Waals surface area contributed by atoms with Crippen LogP contribution in [-0.2, 0) is 13.0 Å². The highest BCUT2D eigenvalue weighted by atomic mass is 35.5. The number of furan rings is 1. The predicted molar refractivity (Wildman–Crippen MR) is 72.2 cm³/mol. The van der Waals surface area contributed by atoms with Gasteiger partial charge in [0.2, 0.25) is 0 Å². The van der Waals surface area contributed by atoms with Crippen molar-refractivity contribution in [2.45, 2.75) is 13.0 Å². The molecule has 0 aliphatic heterocycles. The first kappa shape index (κ1) is 13.6. The van der Waals surface area contributed by atoms with Gasteiger partial charge in [0.15, 0.2) is 0 Å². The molecule has 6 heteroatoms. The number of hydrogen-bond acceptors (Lipinski definition) is 4. The second kappa shape index (κ2) is 6.36. The van der Waals surface area contributed by atoms with E-state index in [1.807, 2.05) is 24.3 Å². The van der Waals surface area contributed by atoms with Crippen molar-refractivity contribution in [1.82, 2.24) is 5.32 Å². The molecule has 5 nitrogen and oxygen atoms in total. The van der Waals surface area contributed by atoms with Gasteiger partial charge in [-0.05, 0) is 36.7 Å². The lowest BCUT2D eigenvalue weighted by Gasteiger charge is -2.03. The van der Waals surface area contributed by atoms with Crippen LogP contribution >= 0.6 is 11.6 Å². The van der Waals surface area contributed by atoms with E-state index in [0.717, 1.165) is 18.0 Å². The van der Waals surface area contributed by atoms with Gasteiger partial charge in [0.1, 0.15) is 10.7 Å². The van der Waals surface area contributed by atoms with E-state index in [0.29, 0.717) is 12.3 Å². The molecule has 0 atom stereocenters. The van der Waals surface area contributed by atoms with Crippen LogP contribution < -0.4 is 5.32 Å². The van der Waals surface area contributed by atoms with Crippen molar-refractivity contribution in [2.24, 2.45) is 0 Å². The Kier molecular flexibility index (Phi) is 4.54. The predicted octanol–water partition coefficient (Wildman–Crippen LogP) is 3.17. The van der Waals surface area contributed by atoms with Crippen molar-refractivity contribution in [3.05, 3.63) is 62.9 Å². The summed E-state index contributed by atoms with van der Waals surface area (Å²) >= 11 is 5.80. The summed E-state index contributed by atoms with van der Waals surface area (Å²) in [6.45, 7) is 1.23. The molecule has 0 spiro atoms. The van der Waals surface area contributed by atoms with Crippen LogP contribution in [0.5, 0.6) is 0 Å². The zero-order valence-corrected chi connectivity index (χ0v) is 10.9. The molecule has 1 aromatic heterocycles. The lowest BCUT2D eigenvalue weighted by Crippen LogP contribution is -2.16. The lowest BCUT2D eigenvalue weighted by molar-refractivity contribution is -0.402. The van der Waals surface area contributed by atoms with Crippen LogP contribution in [0.1, 0.15) is 11.3 Å².